The smallest absolute Gasteiger partial charge is 0.191 e. The van der Waals surface area contributed by atoms with Gasteiger partial charge in [-0.15, -0.1) is 24.0 Å². The summed E-state index contributed by atoms with van der Waals surface area (Å²) in [6.07, 6.45) is 3.62. The van der Waals surface area contributed by atoms with Gasteiger partial charge < -0.3 is 10.6 Å². The van der Waals surface area contributed by atoms with E-state index in [1.54, 1.807) is 12.3 Å². The Morgan fingerprint density at radius 3 is 2.68 bits per heavy atom. The van der Waals surface area contributed by atoms with E-state index < -0.39 is 0 Å². The summed E-state index contributed by atoms with van der Waals surface area (Å²) in [7, 11) is 0. The molecule has 7 heteroatoms. The second kappa shape index (κ2) is 12.3. The molecule has 0 unspecified atom stereocenters. The van der Waals surface area contributed by atoms with Crippen molar-refractivity contribution in [2.75, 3.05) is 13.1 Å². The second-order valence-corrected chi connectivity index (χ2v) is 6.13. The first-order valence-corrected chi connectivity index (χ1v) is 8.80. The van der Waals surface area contributed by atoms with E-state index in [1.807, 2.05) is 37.3 Å². The molecule has 2 rings (SSSR count). The summed E-state index contributed by atoms with van der Waals surface area (Å²) >= 11 is 12.1. The number of hydrogen-bond acceptors (Lipinski definition) is 2. The largest absolute Gasteiger partial charge is 0.357 e. The molecule has 2 N–H and O–H groups in total. The fourth-order valence-corrected chi connectivity index (χ4v) is 2.71. The van der Waals surface area contributed by atoms with Gasteiger partial charge >= 0.3 is 0 Å². The number of aryl methyl sites for hydroxylation is 1. The van der Waals surface area contributed by atoms with Crippen molar-refractivity contribution in [3.05, 3.63) is 63.9 Å². The molecule has 0 fully saturated rings. The minimum atomic E-state index is 0. The Kier molecular flexibility index (Phi) is 10.8. The van der Waals surface area contributed by atoms with Crippen LogP contribution in [0.1, 0.15) is 24.6 Å². The summed E-state index contributed by atoms with van der Waals surface area (Å²) in [5.74, 6) is 0.797. The third-order valence-corrected chi connectivity index (χ3v) is 3.99. The lowest BCUT2D eigenvalue weighted by Gasteiger charge is -2.11. The monoisotopic (exact) mass is 492 g/mol. The van der Waals surface area contributed by atoms with E-state index in [-0.39, 0.29) is 24.0 Å². The average Bonchev–Trinajstić information content (AvgIpc) is 2.59. The van der Waals surface area contributed by atoms with E-state index in [9.17, 15) is 0 Å². The van der Waals surface area contributed by atoms with Gasteiger partial charge in [0.2, 0.25) is 0 Å². The number of nitrogens with zero attached hydrogens (tertiary/aromatic N) is 2. The molecule has 0 aliphatic heterocycles. The molecule has 0 aliphatic rings. The molecule has 0 bridgehead atoms. The average molecular weight is 493 g/mol. The highest BCUT2D eigenvalue weighted by atomic mass is 127. The van der Waals surface area contributed by atoms with Crippen LogP contribution in [-0.4, -0.2) is 24.0 Å². The number of hydrogen-bond donors (Lipinski definition) is 2. The van der Waals surface area contributed by atoms with Crippen molar-refractivity contribution in [2.45, 2.75) is 26.3 Å². The van der Waals surface area contributed by atoms with Crippen molar-refractivity contribution in [3.8, 4) is 0 Å². The lowest BCUT2D eigenvalue weighted by molar-refractivity contribution is 0.743. The standard InChI is InChI=1S/C18H22Cl2N4.HI/c1-2-21-18(24-13-16-7-3-4-10-22-16)23-11-5-6-14-8-9-15(19)12-17(14)20;/h3-4,7-10,12H,2,5-6,11,13H2,1H3,(H2,21,23,24);1H. The normalized spacial score (nSPS) is 10.9. The molecule has 0 saturated carbocycles. The van der Waals surface area contributed by atoms with Gasteiger partial charge in [0.05, 0.1) is 12.2 Å². The minimum absolute atomic E-state index is 0. The fourth-order valence-electron chi connectivity index (χ4n) is 2.20. The van der Waals surface area contributed by atoms with Crippen molar-refractivity contribution < 1.29 is 0 Å². The molecule has 0 saturated heterocycles. The molecular formula is C18H23Cl2IN4. The van der Waals surface area contributed by atoms with Crippen molar-refractivity contribution >= 4 is 53.1 Å². The van der Waals surface area contributed by atoms with Gasteiger partial charge in [0.25, 0.3) is 0 Å². The molecule has 4 nitrogen and oxygen atoms in total. The van der Waals surface area contributed by atoms with Crippen molar-refractivity contribution in [3.63, 3.8) is 0 Å². The molecular weight excluding hydrogens is 470 g/mol. The number of halogens is 3. The Bertz CT molecular complexity index is 665. The fraction of sp³-hybridized carbons (Fsp3) is 0.333. The van der Waals surface area contributed by atoms with Crippen molar-refractivity contribution in [1.82, 2.24) is 15.6 Å². The molecule has 2 aromatic rings. The molecule has 0 aliphatic carbocycles. The summed E-state index contributed by atoms with van der Waals surface area (Å²) in [4.78, 5) is 8.82. The molecule has 136 valence electrons. The van der Waals surface area contributed by atoms with Crippen LogP contribution < -0.4 is 10.6 Å². The minimum Gasteiger partial charge on any atom is -0.357 e. The zero-order valence-electron chi connectivity index (χ0n) is 14.1. The molecule has 1 aromatic heterocycles. The highest BCUT2D eigenvalue weighted by molar-refractivity contribution is 14.0. The summed E-state index contributed by atoms with van der Waals surface area (Å²) in [5, 5.41) is 7.96. The van der Waals surface area contributed by atoms with Crippen LogP contribution in [0.2, 0.25) is 10.0 Å². The van der Waals surface area contributed by atoms with Crippen molar-refractivity contribution in [2.24, 2.45) is 4.99 Å². The van der Waals surface area contributed by atoms with Gasteiger partial charge in [-0.1, -0.05) is 35.3 Å². The molecule has 0 spiro atoms. The molecule has 0 amide bonds. The van der Waals surface area contributed by atoms with Crippen LogP contribution in [0.3, 0.4) is 0 Å². The topological polar surface area (TPSA) is 49.3 Å². The van der Waals surface area contributed by atoms with Crippen LogP contribution in [0.4, 0.5) is 0 Å². The number of rotatable bonds is 7. The number of pyridine rings is 1. The maximum absolute atomic E-state index is 6.19. The zero-order valence-corrected chi connectivity index (χ0v) is 18.0. The van der Waals surface area contributed by atoms with E-state index in [2.05, 4.69) is 20.6 Å². The number of guanidine groups is 1. The molecule has 0 radical (unpaired) electrons. The number of benzene rings is 1. The van der Waals surface area contributed by atoms with Gasteiger partial charge in [-0.25, -0.2) is 4.99 Å². The third kappa shape index (κ3) is 8.25. The second-order valence-electron chi connectivity index (χ2n) is 5.28. The Hall–Kier alpha value is -1.05. The predicted molar refractivity (Wildman–Crippen MR) is 117 cm³/mol. The highest BCUT2D eigenvalue weighted by Gasteiger charge is 2.02. The lowest BCUT2D eigenvalue weighted by atomic mass is 10.1. The highest BCUT2D eigenvalue weighted by Crippen LogP contribution is 2.21. The third-order valence-electron chi connectivity index (χ3n) is 3.40. The maximum atomic E-state index is 6.19. The Morgan fingerprint density at radius 2 is 2.00 bits per heavy atom. The van der Waals surface area contributed by atoms with Gasteiger partial charge in [-0.2, -0.15) is 0 Å². The van der Waals surface area contributed by atoms with E-state index in [4.69, 9.17) is 23.2 Å². The maximum Gasteiger partial charge on any atom is 0.191 e. The van der Waals surface area contributed by atoms with Crippen LogP contribution >= 0.6 is 47.2 Å². The summed E-state index contributed by atoms with van der Waals surface area (Å²) in [5.41, 5.74) is 2.06. The van der Waals surface area contributed by atoms with Gasteiger partial charge in [-0.05, 0) is 49.6 Å². The van der Waals surface area contributed by atoms with Crippen LogP contribution in [0.15, 0.2) is 47.6 Å². The summed E-state index contributed by atoms with van der Waals surface area (Å²) < 4.78 is 0. The molecule has 1 heterocycles. The molecule has 1 aromatic carbocycles. The van der Waals surface area contributed by atoms with E-state index in [1.165, 1.54) is 0 Å². The Balaban J connectivity index is 0.00000312. The van der Waals surface area contributed by atoms with E-state index in [0.717, 1.165) is 48.2 Å². The Morgan fingerprint density at radius 1 is 1.16 bits per heavy atom. The lowest BCUT2D eigenvalue weighted by Crippen LogP contribution is -2.37. The van der Waals surface area contributed by atoms with Gasteiger partial charge in [0.15, 0.2) is 5.96 Å². The SMILES string of the molecule is CCNC(=NCc1ccccn1)NCCCc1ccc(Cl)cc1Cl.I. The first-order chi connectivity index (χ1) is 11.7. The number of nitrogens with one attached hydrogen (secondary N) is 2. The van der Waals surface area contributed by atoms with E-state index >= 15 is 0 Å². The first-order valence-electron chi connectivity index (χ1n) is 8.05. The quantitative estimate of drug-likeness (QED) is 0.255. The molecule has 25 heavy (non-hydrogen) atoms. The first kappa shape index (κ1) is 22.0. The van der Waals surface area contributed by atoms with Crippen molar-refractivity contribution in [1.29, 1.82) is 0 Å². The van der Waals surface area contributed by atoms with Crippen LogP contribution in [0, 0.1) is 0 Å². The molecule has 0 atom stereocenters. The number of aromatic nitrogens is 1. The van der Waals surface area contributed by atoms with Crippen LogP contribution in [-0.2, 0) is 13.0 Å². The van der Waals surface area contributed by atoms with Crippen LogP contribution in [0.5, 0.6) is 0 Å². The zero-order chi connectivity index (χ0) is 17.2. The van der Waals surface area contributed by atoms with Crippen LogP contribution in [0.25, 0.3) is 0 Å². The number of aliphatic imine (C=N–C) groups is 1. The van der Waals surface area contributed by atoms with Gasteiger partial charge in [-0.3, -0.25) is 4.98 Å². The summed E-state index contributed by atoms with van der Waals surface area (Å²) in [6, 6.07) is 11.5. The van der Waals surface area contributed by atoms with Gasteiger partial charge in [0, 0.05) is 29.3 Å². The van der Waals surface area contributed by atoms with Gasteiger partial charge in [0.1, 0.15) is 0 Å². The predicted octanol–water partition coefficient (Wildman–Crippen LogP) is 4.69. The van der Waals surface area contributed by atoms with E-state index in [0.29, 0.717) is 11.6 Å². The Labute approximate surface area is 176 Å². The summed E-state index contributed by atoms with van der Waals surface area (Å²) in [6.45, 7) is 4.23.